The van der Waals surface area contributed by atoms with Gasteiger partial charge in [-0.1, -0.05) is 6.07 Å². The number of H-pyrrole nitrogens is 1. The number of piperidine rings is 1. The van der Waals surface area contributed by atoms with Gasteiger partial charge < -0.3 is 18.8 Å². The highest BCUT2D eigenvalue weighted by Crippen LogP contribution is 2.30. The predicted octanol–water partition coefficient (Wildman–Crippen LogP) is 5.44. The second-order valence-corrected chi connectivity index (χ2v) is 14.0. The number of esters is 1. The monoisotopic (exact) mass is 689 g/mol. The third kappa shape index (κ3) is 7.55. The molecule has 7 rings (SSSR count). The molecule has 0 bridgehead atoms. The van der Waals surface area contributed by atoms with Crippen molar-refractivity contribution >= 4 is 27.9 Å². The molecule has 0 radical (unpaired) electrons. The number of benzene rings is 1. The summed E-state index contributed by atoms with van der Waals surface area (Å²) < 4.78 is 46.7. The van der Waals surface area contributed by atoms with E-state index in [-0.39, 0.29) is 30.0 Å². The Hall–Kier alpha value is -4.69. The number of pyridine rings is 2. The van der Waals surface area contributed by atoms with Gasteiger partial charge in [0.2, 0.25) is 5.88 Å². The van der Waals surface area contributed by atoms with Crippen molar-refractivity contribution in [2.75, 3.05) is 19.7 Å². The van der Waals surface area contributed by atoms with Crippen LogP contribution >= 0.6 is 0 Å². The van der Waals surface area contributed by atoms with Crippen molar-refractivity contribution in [1.82, 2.24) is 34.2 Å². The first-order chi connectivity index (χ1) is 24.0. The van der Waals surface area contributed by atoms with E-state index in [4.69, 9.17) is 24.2 Å². The first kappa shape index (κ1) is 33.8. The third-order valence-electron chi connectivity index (χ3n) is 9.16. The fraction of sp³-hybridized carbons (Fsp3) is 0.472. The zero-order valence-corrected chi connectivity index (χ0v) is 28.4. The van der Waals surface area contributed by atoms with Crippen LogP contribution in [0.5, 0.6) is 5.88 Å². The summed E-state index contributed by atoms with van der Waals surface area (Å²) in [6.45, 7) is 8.89. The maximum Gasteiger partial charge on any atom is 0.338 e. The van der Waals surface area contributed by atoms with E-state index in [1.807, 2.05) is 45.0 Å². The Morgan fingerprint density at radius 2 is 1.88 bits per heavy atom. The van der Waals surface area contributed by atoms with Crippen molar-refractivity contribution in [3.63, 3.8) is 0 Å². The van der Waals surface area contributed by atoms with Crippen molar-refractivity contribution in [1.29, 1.82) is 0 Å². The van der Waals surface area contributed by atoms with Crippen LogP contribution in [0.2, 0.25) is 0 Å². The second kappa shape index (κ2) is 13.9. The fourth-order valence-electron chi connectivity index (χ4n) is 6.56. The third-order valence-corrected chi connectivity index (χ3v) is 9.16. The highest BCUT2D eigenvalue weighted by Gasteiger charge is 2.27. The molecular weight excluding hydrogens is 648 g/mol. The molecule has 1 aromatic carbocycles. The number of carbonyl (C=O) groups excluding carboxylic acids is 1. The molecule has 2 aliphatic rings. The molecule has 0 unspecified atom stereocenters. The maximum atomic E-state index is 13.0. The number of alkyl halides is 2. The van der Waals surface area contributed by atoms with E-state index < -0.39 is 24.1 Å². The van der Waals surface area contributed by atoms with Gasteiger partial charge in [-0.2, -0.15) is 0 Å². The highest BCUT2D eigenvalue weighted by molar-refractivity contribution is 5.94. The Kier molecular flexibility index (Phi) is 9.40. The molecule has 1 atom stereocenters. The molecule has 6 heterocycles. The zero-order chi connectivity index (χ0) is 35.0. The van der Waals surface area contributed by atoms with E-state index in [9.17, 15) is 18.4 Å². The average Bonchev–Trinajstić information content (AvgIpc) is 3.55. The normalized spacial score (nSPS) is 17.4. The molecule has 5 aromatic rings. The maximum absolute atomic E-state index is 13.0. The molecule has 50 heavy (non-hydrogen) atoms. The van der Waals surface area contributed by atoms with Crippen LogP contribution < -0.4 is 10.3 Å². The second-order valence-electron chi connectivity index (χ2n) is 14.0. The van der Waals surface area contributed by atoms with Crippen LogP contribution in [0, 0.1) is 0 Å². The average molecular weight is 690 g/mol. The number of carbonyl (C=O) groups is 1. The summed E-state index contributed by atoms with van der Waals surface area (Å²) in [5.74, 6) is 1.30. The van der Waals surface area contributed by atoms with Crippen LogP contribution in [0.3, 0.4) is 0 Å². The summed E-state index contributed by atoms with van der Waals surface area (Å²) in [4.78, 5) is 41.4. The van der Waals surface area contributed by atoms with Crippen molar-refractivity contribution in [3.8, 4) is 5.88 Å². The number of likely N-dealkylation sites (tertiary alicyclic amines) is 1. The first-order valence-electron chi connectivity index (χ1n) is 17.0. The Morgan fingerprint density at radius 3 is 2.60 bits per heavy atom. The summed E-state index contributed by atoms with van der Waals surface area (Å²) in [6, 6.07) is 12.9. The van der Waals surface area contributed by atoms with Crippen molar-refractivity contribution in [3.05, 3.63) is 81.8 Å². The summed E-state index contributed by atoms with van der Waals surface area (Å²) >= 11 is 0. The molecule has 0 spiro atoms. The van der Waals surface area contributed by atoms with E-state index in [2.05, 4.69) is 19.5 Å². The summed E-state index contributed by atoms with van der Waals surface area (Å²) in [5, 5.41) is 2.69. The SMILES string of the molecule is CC(C)(C)OC(=O)c1ccc2nc(CN3CCC(c4cccc(OCc5cc6c(cn5)c(=O)[nH]n6CC(F)F)n4)CC3)n(C[C@@H]3CCO3)c2c1. The first-order valence-corrected chi connectivity index (χ1v) is 17.0. The highest BCUT2D eigenvalue weighted by atomic mass is 19.3. The molecule has 2 fully saturated rings. The van der Waals surface area contributed by atoms with Crippen LogP contribution in [0.4, 0.5) is 8.78 Å². The summed E-state index contributed by atoms with van der Waals surface area (Å²) in [5.41, 5.74) is 3.00. The van der Waals surface area contributed by atoms with Crippen molar-refractivity contribution in [2.45, 2.75) is 90.3 Å². The lowest BCUT2D eigenvalue weighted by Crippen LogP contribution is -2.35. The fourth-order valence-corrected chi connectivity index (χ4v) is 6.56. The predicted molar refractivity (Wildman–Crippen MR) is 181 cm³/mol. The van der Waals surface area contributed by atoms with Gasteiger partial charge in [-0.15, -0.1) is 0 Å². The van der Waals surface area contributed by atoms with Crippen LogP contribution in [-0.2, 0) is 35.7 Å². The number of ether oxygens (including phenoxy) is 3. The molecular formula is C36H41F2N7O5. The Labute approximate surface area is 287 Å². The molecule has 1 N–H and O–H groups in total. The Bertz CT molecular complexity index is 2060. The van der Waals surface area contributed by atoms with Crippen molar-refractivity contribution in [2.24, 2.45) is 0 Å². The molecule has 0 aliphatic carbocycles. The molecule has 264 valence electrons. The van der Waals surface area contributed by atoms with Crippen LogP contribution in [0.1, 0.15) is 73.5 Å². The van der Waals surface area contributed by atoms with Gasteiger partial charge in [0, 0.05) is 30.5 Å². The van der Waals surface area contributed by atoms with Gasteiger partial charge in [-0.25, -0.2) is 23.5 Å². The largest absolute Gasteiger partial charge is 0.471 e. The van der Waals surface area contributed by atoms with Gasteiger partial charge in [-0.05, 0) is 83.5 Å². The number of aromatic nitrogens is 6. The van der Waals surface area contributed by atoms with E-state index in [0.29, 0.717) is 35.7 Å². The minimum Gasteiger partial charge on any atom is -0.471 e. The van der Waals surface area contributed by atoms with Gasteiger partial charge in [0.15, 0.2) is 0 Å². The van der Waals surface area contributed by atoms with E-state index in [1.54, 1.807) is 18.2 Å². The quantitative estimate of drug-likeness (QED) is 0.180. The lowest BCUT2D eigenvalue weighted by Gasteiger charge is -2.32. The number of imidazole rings is 1. The van der Waals surface area contributed by atoms with Gasteiger partial charge in [0.1, 0.15) is 24.6 Å². The number of aromatic amines is 1. The number of hydrogen-bond acceptors (Lipinski definition) is 9. The smallest absolute Gasteiger partial charge is 0.338 e. The number of nitrogens with zero attached hydrogens (tertiary/aromatic N) is 6. The van der Waals surface area contributed by atoms with E-state index in [1.165, 1.54) is 6.20 Å². The van der Waals surface area contributed by atoms with Crippen molar-refractivity contribution < 1.29 is 27.8 Å². The molecule has 4 aromatic heterocycles. The van der Waals surface area contributed by atoms with E-state index >= 15 is 0 Å². The lowest BCUT2D eigenvalue weighted by molar-refractivity contribution is -0.0592. The zero-order valence-electron chi connectivity index (χ0n) is 28.4. The molecule has 0 amide bonds. The summed E-state index contributed by atoms with van der Waals surface area (Å²) in [7, 11) is 0. The number of halogens is 2. The minimum absolute atomic E-state index is 0.0745. The number of hydrogen-bond donors (Lipinski definition) is 1. The minimum atomic E-state index is -2.61. The number of rotatable bonds is 11. The molecule has 2 saturated heterocycles. The Morgan fingerprint density at radius 1 is 1.08 bits per heavy atom. The lowest BCUT2D eigenvalue weighted by atomic mass is 9.93. The number of nitrogens with one attached hydrogen (secondary N) is 1. The van der Waals surface area contributed by atoms with Crippen LogP contribution in [0.15, 0.2) is 53.5 Å². The van der Waals surface area contributed by atoms with Gasteiger partial charge in [0.25, 0.3) is 12.0 Å². The Balaban J connectivity index is 0.999. The standard InChI is InChI=1S/C36H41F2N7O5/c1-36(2,3)50-35(47)23-7-8-28-30(15-23)44(18-25-11-14-48-25)32(40-28)20-43-12-9-22(10-13-43)27-5-4-6-33(41-27)49-21-24-16-29-26(17-39-24)34(46)42-45(29)19-31(37)38/h4-8,15-17,22,25,31H,9-14,18-21H2,1-3H3,(H,42,46)/t25-/m0/s1. The summed E-state index contributed by atoms with van der Waals surface area (Å²) in [6.07, 6.45) is 1.72. The van der Waals surface area contributed by atoms with Crippen LogP contribution in [-0.4, -0.2) is 78.0 Å². The van der Waals surface area contributed by atoms with Gasteiger partial charge in [-0.3, -0.25) is 24.5 Å². The molecule has 12 nitrogen and oxygen atoms in total. The molecule has 0 saturated carbocycles. The van der Waals surface area contributed by atoms with Gasteiger partial charge >= 0.3 is 5.97 Å². The molecule has 2 aliphatic heterocycles. The van der Waals surface area contributed by atoms with Crippen LogP contribution in [0.25, 0.3) is 21.9 Å². The van der Waals surface area contributed by atoms with Gasteiger partial charge in [0.05, 0.1) is 52.4 Å². The molecule has 14 heteroatoms. The van der Waals surface area contributed by atoms with E-state index in [0.717, 1.165) is 66.2 Å². The number of fused-ring (bicyclic) bond motifs is 2. The topological polar surface area (TPSA) is 129 Å².